The third-order valence-corrected chi connectivity index (χ3v) is 4.97. The van der Waals surface area contributed by atoms with Gasteiger partial charge in [-0.25, -0.2) is 18.4 Å². The summed E-state index contributed by atoms with van der Waals surface area (Å²) >= 11 is 0. The maximum absolute atomic E-state index is 12.4. The van der Waals surface area contributed by atoms with Crippen molar-refractivity contribution in [3.8, 4) is 0 Å². The van der Waals surface area contributed by atoms with Crippen molar-refractivity contribution < 1.29 is 22.7 Å². The molecule has 0 aliphatic rings. The van der Waals surface area contributed by atoms with Gasteiger partial charge in [0.1, 0.15) is 0 Å². The van der Waals surface area contributed by atoms with E-state index in [1.807, 2.05) is 19.1 Å². The molecule has 0 saturated carbocycles. The van der Waals surface area contributed by atoms with Crippen LogP contribution in [0.15, 0.2) is 47.4 Å². The molecule has 0 heterocycles. The number of carbonyl (C=O) groups is 2. The highest BCUT2D eigenvalue weighted by atomic mass is 32.2. The molecule has 2 rings (SSSR count). The van der Waals surface area contributed by atoms with Crippen LogP contribution >= 0.6 is 0 Å². The zero-order valence-corrected chi connectivity index (χ0v) is 15.7. The van der Waals surface area contributed by atoms with Crippen molar-refractivity contribution in [2.45, 2.75) is 38.2 Å². The summed E-state index contributed by atoms with van der Waals surface area (Å²) in [7, 11) is -3.94. The van der Waals surface area contributed by atoms with Crippen molar-refractivity contribution in [1.82, 2.24) is 0 Å². The number of carbonyl (C=O) groups excluding carboxylic acids is 2. The lowest BCUT2D eigenvalue weighted by Gasteiger charge is -2.14. The first-order chi connectivity index (χ1) is 12.1. The van der Waals surface area contributed by atoms with Crippen LogP contribution in [0.3, 0.4) is 0 Å². The number of ketones is 1. The van der Waals surface area contributed by atoms with Crippen LogP contribution in [0.4, 0.5) is 0 Å². The van der Waals surface area contributed by atoms with Gasteiger partial charge in [0.05, 0.1) is 10.5 Å². The molecular formula is C19H21NO5S. The molecule has 2 aromatic rings. The molecule has 138 valence electrons. The van der Waals surface area contributed by atoms with Crippen LogP contribution in [0.5, 0.6) is 0 Å². The first-order valence-electron chi connectivity index (χ1n) is 8.11. The van der Waals surface area contributed by atoms with Gasteiger partial charge >= 0.3 is 5.97 Å². The van der Waals surface area contributed by atoms with Crippen molar-refractivity contribution in [1.29, 1.82) is 0 Å². The second-order valence-electron chi connectivity index (χ2n) is 5.98. The van der Waals surface area contributed by atoms with Crippen LogP contribution in [0.25, 0.3) is 0 Å². The van der Waals surface area contributed by atoms with Crippen LogP contribution in [0.1, 0.15) is 45.7 Å². The van der Waals surface area contributed by atoms with E-state index in [1.54, 1.807) is 19.1 Å². The van der Waals surface area contributed by atoms with E-state index in [1.165, 1.54) is 19.1 Å². The third kappa shape index (κ3) is 4.56. The van der Waals surface area contributed by atoms with E-state index in [0.717, 1.165) is 18.1 Å². The van der Waals surface area contributed by atoms with Gasteiger partial charge in [0.25, 0.3) is 0 Å². The molecule has 1 unspecified atom stereocenters. The number of Topliss-reactive ketones (excluding diaryl/α,β-unsaturated/α-hetero) is 1. The molecule has 7 heteroatoms. The van der Waals surface area contributed by atoms with E-state index in [0.29, 0.717) is 11.1 Å². The minimum atomic E-state index is -3.94. The van der Waals surface area contributed by atoms with Crippen LogP contribution in [0.2, 0.25) is 0 Å². The maximum atomic E-state index is 12.4. The zero-order chi connectivity index (χ0) is 19.5. The Hall–Kier alpha value is -2.51. The number of aryl methyl sites for hydroxylation is 2. The van der Waals surface area contributed by atoms with Gasteiger partial charge < -0.3 is 4.74 Å². The van der Waals surface area contributed by atoms with E-state index in [9.17, 15) is 18.0 Å². The van der Waals surface area contributed by atoms with Crippen molar-refractivity contribution in [2.75, 3.05) is 0 Å². The van der Waals surface area contributed by atoms with Gasteiger partial charge in [-0.2, -0.15) is 0 Å². The molecule has 2 N–H and O–H groups in total. The molecule has 0 spiro atoms. The Morgan fingerprint density at radius 3 is 2.27 bits per heavy atom. The maximum Gasteiger partial charge on any atom is 0.339 e. The van der Waals surface area contributed by atoms with Crippen molar-refractivity contribution >= 4 is 21.8 Å². The number of hydrogen-bond donors (Lipinski definition) is 1. The predicted molar refractivity (Wildman–Crippen MR) is 97.6 cm³/mol. The highest BCUT2D eigenvalue weighted by Crippen LogP contribution is 2.17. The van der Waals surface area contributed by atoms with E-state index in [4.69, 9.17) is 9.88 Å². The van der Waals surface area contributed by atoms with E-state index in [2.05, 4.69) is 0 Å². The normalized spacial score (nSPS) is 12.5. The molecule has 0 fully saturated rings. The summed E-state index contributed by atoms with van der Waals surface area (Å²) in [5.41, 5.74) is 2.12. The summed E-state index contributed by atoms with van der Waals surface area (Å²) in [5.74, 6) is -1.11. The first kappa shape index (κ1) is 19.8. The number of benzene rings is 2. The average molecular weight is 375 g/mol. The summed E-state index contributed by atoms with van der Waals surface area (Å²) < 4.78 is 28.2. The topological polar surface area (TPSA) is 104 Å². The first-order valence-corrected chi connectivity index (χ1v) is 9.65. The SMILES string of the molecule is CCc1ccc(C(=O)C(C)OC(=O)c2cc(S(N)(=O)=O)ccc2C)cc1. The number of primary sulfonamides is 1. The molecule has 0 saturated heterocycles. The Labute approximate surface area is 153 Å². The van der Waals surface area contributed by atoms with Gasteiger partial charge in [-0.05, 0) is 43.5 Å². The fourth-order valence-electron chi connectivity index (χ4n) is 2.41. The van der Waals surface area contributed by atoms with Crippen LogP contribution in [0, 0.1) is 6.92 Å². The van der Waals surface area contributed by atoms with Gasteiger partial charge in [-0.1, -0.05) is 37.3 Å². The molecular weight excluding hydrogens is 354 g/mol. The Morgan fingerprint density at radius 2 is 1.73 bits per heavy atom. The number of nitrogens with two attached hydrogens (primary N) is 1. The van der Waals surface area contributed by atoms with E-state index in [-0.39, 0.29) is 16.2 Å². The fourth-order valence-corrected chi connectivity index (χ4v) is 2.95. The number of ether oxygens (including phenoxy) is 1. The minimum absolute atomic E-state index is 0.0532. The summed E-state index contributed by atoms with van der Waals surface area (Å²) in [4.78, 5) is 24.6. The monoisotopic (exact) mass is 375 g/mol. The minimum Gasteiger partial charge on any atom is -0.451 e. The molecule has 0 bridgehead atoms. The molecule has 0 aliphatic heterocycles. The number of sulfonamides is 1. The molecule has 6 nitrogen and oxygen atoms in total. The van der Waals surface area contributed by atoms with Gasteiger partial charge in [0, 0.05) is 5.56 Å². The second-order valence-corrected chi connectivity index (χ2v) is 7.55. The van der Waals surface area contributed by atoms with Crippen molar-refractivity contribution in [2.24, 2.45) is 5.14 Å². The Balaban J connectivity index is 2.19. The van der Waals surface area contributed by atoms with Crippen LogP contribution in [-0.2, 0) is 21.2 Å². The van der Waals surface area contributed by atoms with E-state index < -0.39 is 22.1 Å². The standard InChI is InChI=1S/C19H21NO5S/c1-4-14-6-8-15(9-7-14)18(21)13(3)25-19(22)17-11-16(26(20,23)24)10-5-12(17)2/h5-11,13H,4H2,1-3H3,(H2,20,23,24). The molecule has 2 aromatic carbocycles. The van der Waals surface area contributed by atoms with E-state index >= 15 is 0 Å². The lowest BCUT2D eigenvalue weighted by atomic mass is 10.0. The molecule has 26 heavy (non-hydrogen) atoms. The molecule has 0 radical (unpaired) electrons. The summed E-state index contributed by atoms with van der Waals surface area (Å²) in [6, 6.07) is 11.0. The Kier molecular flexibility index (Phi) is 5.94. The number of rotatable bonds is 6. The van der Waals surface area contributed by atoms with Gasteiger partial charge in [0.2, 0.25) is 15.8 Å². The van der Waals surface area contributed by atoms with Crippen molar-refractivity contribution in [3.63, 3.8) is 0 Å². The number of hydrogen-bond acceptors (Lipinski definition) is 5. The predicted octanol–water partition coefficient (Wildman–Crippen LogP) is 2.63. The number of esters is 1. The Bertz CT molecular complexity index is 933. The third-order valence-electron chi connectivity index (χ3n) is 4.06. The molecule has 1 atom stereocenters. The van der Waals surface area contributed by atoms with Gasteiger partial charge in [-0.15, -0.1) is 0 Å². The zero-order valence-electron chi connectivity index (χ0n) is 14.9. The van der Waals surface area contributed by atoms with Crippen molar-refractivity contribution in [3.05, 3.63) is 64.7 Å². The van der Waals surface area contributed by atoms with Crippen LogP contribution < -0.4 is 5.14 Å². The largest absolute Gasteiger partial charge is 0.451 e. The summed E-state index contributed by atoms with van der Waals surface area (Å²) in [5, 5.41) is 5.09. The van der Waals surface area contributed by atoms with Crippen LogP contribution in [-0.4, -0.2) is 26.3 Å². The summed E-state index contributed by atoms with van der Waals surface area (Å²) in [6.07, 6.45) is -0.147. The second kappa shape index (κ2) is 7.80. The molecule has 0 aromatic heterocycles. The summed E-state index contributed by atoms with van der Waals surface area (Å²) in [6.45, 7) is 5.13. The Morgan fingerprint density at radius 1 is 1.12 bits per heavy atom. The quantitative estimate of drug-likeness (QED) is 0.617. The lowest BCUT2D eigenvalue weighted by molar-refractivity contribution is 0.0318. The highest BCUT2D eigenvalue weighted by molar-refractivity contribution is 7.89. The van der Waals surface area contributed by atoms with Gasteiger partial charge in [-0.3, -0.25) is 4.79 Å². The highest BCUT2D eigenvalue weighted by Gasteiger charge is 2.22. The van der Waals surface area contributed by atoms with Gasteiger partial charge in [0.15, 0.2) is 6.10 Å². The average Bonchev–Trinajstić information content (AvgIpc) is 2.60. The molecule has 0 aliphatic carbocycles. The fraction of sp³-hybridized carbons (Fsp3) is 0.263. The lowest BCUT2D eigenvalue weighted by Crippen LogP contribution is -2.25. The smallest absolute Gasteiger partial charge is 0.339 e. The molecule has 0 amide bonds.